The summed E-state index contributed by atoms with van der Waals surface area (Å²) in [5.41, 5.74) is -1.26. The van der Waals surface area contributed by atoms with Gasteiger partial charge >= 0.3 is 6.09 Å². The van der Waals surface area contributed by atoms with Gasteiger partial charge in [0.05, 0.1) is 4.92 Å². The number of para-hydroxylation sites is 2. The van der Waals surface area contributed by atoms with Crippen LogP contribution in [0.2, 0.25) is 0 Å². The Morgan fingerprint density at radius 1 is 1.25 bits per heavy atom. The molecule has 0 saturated heterocycles. The minimum Gasteiger partial charge on any atom is -0.461 e. The van der Waals surface area contributed by atoms with E-state index in [9.17, 15) is 25.0 Å². The van der Waals surface area contributed by atoms with E-state index in [0.29, 0.717) is 0 Å². The van der Waals surface area contributed by atoms with Gasteiger partial charge in [-0.1, -0.05) is 12.1 Å². The van der Waals surface area contributed by atoms with Crippen LogP contribution < -0.4 is 5.01 Å². The summed E-state index contributed by atoms with van der Waals surface area (Å²) in [7, 11) is 0. The monoisotopic (exact) mass is 227 g/mol. The van der Waals surface area contributed by atoms with Crippen molar-refractivity contribution in [3.8, 4) is 0 Å². The second-order valence-corrected chi connectivity index (χ2v) is 2.58. The summed E-state index contributed by atoms with van der Waals surface area (Å²) in [6, 6.07) is 4.51. The Kier molecular flexibility index (Phi) is 2.99. The molecule has 0 unspecified atom stereocenters. The largest absolute Gasteiger partial charge is 0.471 e. The maximum absolute atomic E-state index is 10.6. The zero-order valence-electron chi connectivity index (χ0n) is 7.64. The minimum atomic E-state index is -1.90. The van der Waals surface area contributed by atoms with E-state index in [1.807, 2.05) is 0 Å². The molecule has 0 aliphatic carbocycles. The number of hydrogen-bond donors (Lipinski definition) is 1. The fourth-order valence-corrected chi connectivity index (χ4v) is 1.06. The minimum absolute atomic E-state index is 0.307. The third kappa shape index (κ3) is 2.03. The molecule has 0 aliphatic rings. The number of rotatable bonds is 3. The van der Waals surface area contributed by atoms with Crippen LogP contribution in [-0.2, 0) is 0 Å². The first kappa shape index (κ1) is 11.4. The fraction of sp³-hybridized carbons (Fsp3) is 0. The number of hydrogen-bond acceptors (Lipinski definition) is 5. The maximum Gasteiger partial charge on any atom is 0.471 e. The SMILES string of the molecule is O=C(O)N(c1ccccc1[N+](=O)[O-])[N+](=O)[O-]. The molecule has 9 nitrogen and oxygen atoms in total. The predicted molar refractivity (Wildman–Crippen MR) is 50.6 cm³/mol. The summed E-state index contributed by atoms with van der Waals surface area (Å²) in [5.74, 6) is 0. The smallest absolute Gasteiger partial charge is 0.461 e. The summed E-state index contributed by atoms with van der Waals surface area (Å²) in [4.78, 5) is 30.7. The first-order chi connectivity index (χ1) is 7.45. The number of hydrazine groups is 1. The molecule has 1 N–H and O–H groups in total. The predicted octanol–water partition coefficient (Wildman–Crippen LogP) is 1.27. The van der Waals surface area contributed by atoms with Crippen LogP contribution in [0.1, 0.15) is 0 Å². The lowest BCUT2D eigenvalue weighted by atomic mass is 10.2. The van der Waals surface area contributed by atoms with Gasteiger partial charge in [-0.15, -0.1) is 0 Å². The van der Waals surface area contributed by atoms with E-state index in [0.717, 1.165) is 12.1 Å². The molecule has 0 radical (unpaired) electrons. The van der Waals surface area contributed by atoms with E-state index in [1.165, 1.54) is 12.1 Å². The molecule has 9 heteroatoms. The molecule has 0 atom stereocenters. The molecule has 0 bridgehead atoms. The molecule has 0 aliphatic heterocycles. The van der Waals surface area contributed by atoms with Crippen molar-refractivity contribution in [3.63, 3.8) is 0 Å². The fourth-order valence-electron chi connectivity index (χ4n) is 1.06. The molecule has 0 saturated carbocycles. The van der Waals surface area contributed by atoms with Crippen molar-refractivity contribution >= 4 is 17.5 Å². The second-order valence-electron chi connectivity index (χ2n) is 2.58. The third-order valence-electron chi connectivity index (χ3n) is 1.65. The van der Waals surface area contributed by atoms with E-state index >= 15 is 0 Å². The Hall–Kier alpha value is -2.71. The van der Waals surface area contributed by atoms with Crippen molar-refractivity contribution in [2.24, 2.45) is 0 Å². The van der Waals surface area contributed by atoms with Crippen molar-refractivity contribution in [2.75, 3.05) is 5.01 Å². The number of amides is 1. The Balaban J connectivity index is 3.35. The zero-order chi connectivity index (χ0) is 12.3. The molecule has 1 amide bonds. The molecule has 0 spiro atoms. The molecule has 0 heterocycles. The van der Waals surface area contributed by atoms with Gasteiger partial charge in [0.25, 0.3) is 5.69 Å². The molecule has 1 aromatic carbocycles. The number of carbonyl (C=O) groups is 1. The number of nitro groups is 2. The van der Waals surface area contributed by atoms with Crippen molar-refractivity contribution in [3.05, 3.63) is 44.5 Å². The van der Waals surface area contributed by atoms with Crippen LogP contribution >= 0.6 is 0 Å². The summed E-state index contributed by atoms with van der Waals surface area (Å²) in [5, 5.41) is 28.0. The third-order valence-corrected chi connectivity index (χ3v) is 1.65. The van der Waals surface area contributed by atoms with Crippen LogP contribution in [0.25, 0.3) is 0 Å². The molecular weight excluding hydrogens is 222 g/mol. The summed E-state index contributed by atoms with van der Waals surface area (Å²) < 4.78 is 0. The van der Waals surface area contributed by atoms with Crippen molar-refractivity contribution in [1.82, 2.24) is 0 Å². The van der Waals surface area contributed by atoms with Gasteiger partial charge in [-0.25, -0.2) is 14.9 Å². The van der Waals surface area contributed by atoms with Crippen molar-refractivity contribution in [1.29, 1.82) is 0 Å². The molecule has 16 heavy (non-hydrogen) atoms. The number of carboxylic acid groups (broad SMARTS) is 1. The number of anilines is 1. The molecular formula is C7H5N3O6. The Bertz CT molecular complexity index is 445. The highest BCUT2D eigenvalue weighted by Gasteiger charge is 2.32. The van der Waals surface area contributed by atoms with E-state index in [1.54, 1.807) is 0 Å². The highest BCUT2D eigenvalue weighted by Crippen LogP contribution is 2.27. The van der Waals surface area contributed by atoms with Crippen LogP contribution in [0.3, 0.4) is 0 Å². The lowest BCUT2D eigenvalue weighted by Crippen LogP contribution is -2.35. The average Bonchev–Trinajstić information content (AvgIpc) is 2.17. The van der Waals surface area contributed by atoms with Gasteiger partial charge in [0.2, 0.25) is 0 Å². The Labute approximate surface area is 87.8 Å². The van der Waals surface area contributed by atoms with E-state index < -0.39 is 27.4 Å². The first-order valence-electron chi connectivity index (χ1n) is 3.86. The second kappa shape index (κ2) is 4.21. The number of nitrogens with zero attached hydrogens (tertiary/aromatic N) is 3. The lowest BCUT2D eigenvalue weighted by molar-refractivity contribution is -0.484. The zero-order valence-corrected chi connectivity index (χ0v) is 7.64. The van der Waals surface area contributed by atoms with Gasteiger partial charge in [0, 0.05) is 11.1 Å². The summed E-state index contributed by atoms with van der Waals surface area (Å²) >= 11 is 0. The summed E-state index contributed by atoms with van der Waals surface area (Å²) in [6.45, 7) is 0. The van der Waals surface area contributed by atoms with Crippen LogP contribution in [0, 0.1) is 20.2 Å². The maximum atomic E-state index is 10.6. The topological polar surface area (TPSA) is 127 Å². The van der Waals surface area contributed by atoms with Crippen LogP contribution in [0.4, 0.5) is 16.2 Å². The van der Waals surface area contributed by atoms with E-state index in [-0.39, 0.29) is 5.01 Å². The van der Waals surface area contributed by atoms with Crippen LogP contribution in [0.5, 0.6) is 0 Å². The van der Waals surface area contributed by atoms with E-state index in [4.69, 9.17) is 5.11 Å². The van der Waals surface area contributed by atoms with Gasteiger partial charge in [0.1, 0.15) is 0 Å². The normalized spacial score (nSPS) is 9.50. The Morgan fingerprint density at radius 2 is 1.81 bits per heavy atom. The quantitative estimate of drug-likeness (QED) is 0.611. The van der Waals surface area contributed by atoms with Crippen LogP contribution in [0.15, 0.2) is 24.3 Å². The van der Waals surface area contributed by atoms with Crippen molar-refractivity contribution < 1.29 is 19.9 Å². The number of nitro benzene ring substituents is 1. The van der Waals surface area contributed by atoms with Gasteiger partial charge in [-0.2, -0.15) is 0 Å². The Morgan fingerprint density at radius 3 is 2.25 bits per heavy atom. The molecule has 1 rings (SSSR count). The van der Waals surface area contributed by atoms with Crippen molar-refractivity contribution in [2.45, 2.75) is 0 Å². The average molecular weight is 227 g/mol. The summed E-state index contributed by atoms with van der Waals surface area (Å²) in [6.07, 6.45) is -1.90. The molecule has 84 valence electrons. The molecule has 0 aromatic heterocycles. The lowest BCUT2D eigenvalue weighted by Gasteiger charge is -2.07. The van der Waals surface area contributed by atoms with Crippen LogP contribution in [-0.4, -0.2) is 21.2 Å². The first-order valence-corrected chi connectivity index (χ1v) is 3.86. The standard InChI is InChI=1S/C7H5N3O6/c11-7(12)8(10(15)16)5-3-1-2-4-6(5)9(13)14/h1-4H,(H,11,12). The van der Waals surface area contributed by atoms with Gasteiger partial charge < -0.3 is 5.11 Å². The van der Waals surface area contributed by atoms with Gasteiger partial charge in [-0.05, 0) is 6.07 Å². The highest BCUT2D eigenvalue weighted by atomic mass is 16.7. The van der Waals surface area contributed by atoms with Gasteiger partial charge in [-0.3, -0.25) is 10.1 Å². The number of benzene rings is 1. The molecule has 0 fully saturated rings. The highest BCUT2D eigenvalue weighted by molar-refractivity contribution is 5.86. The molecule has 1 aromatic rings. The van der Waals surface area contributed by atoms with Gasteiger partial charge in [0.15, 0.2) is 10.7 Å². The van der Waals surface area contributed by atoms with E-state index in [2.05, 4.69) is 0 Å².